The Morgan fingerprint density at radius 3 is 0.634 bits per heavy atom. The molecular weight excluding hydrogens is 1250 g/mol. The van der Waals surface area contributed by atoms with Crippen molar-refractivity contribution in [2.75, 3.05) is 34.5 Å². The molecule has 0 unspecified atom stereocenters. The molecule has 9 rings (SSSR count). The van der Waals surface area contributed by atoms with E-state index < -0.39 is 43.1 Å². The molecule has 500 valence electrons. The van der Waals surface area contributed by atoms with Crippen molar-refractivity contribution in [1.29, 1.82) is 15.8 Å². The van der Waals surface area contributed by atoms with Crippen molar-refractivity contribution in [3.05, 3.63) is 358 Å². The number of rotatable bonds is 33. The van der Waals surface area contributed by atoms with Crippen molar-refractivity contribution in [2.45, 2.75) is 46.2 Å². The summed E-state index contributed by atoms with van der Waals surface area (Å²) in [5.41, 5.74) is 14.3. The molecule has 0 aliphatic carbocycles. The van der Waals surface area contributed by atoms with Crippen LogP contribution in [-0.2, 0) is 67.9 Å². The zero-order chi connectivity index (χ0) is 71.5. The molecule has 0 saturated heterocycles. The largest absolute Gasteiger partial charge is 0.461 e. The minimum absolute atomic E-state index is 0.336. The van der Waals surface area contributed by atoms with Gasteiger partial charge in [0.25, 0.3) is 0 Å². The summed E-state index contributed by atoms with van der Waals surface area (Å²) < 4.78 is 17.5. The van der Waals surface area contributed by atoms with E-state index in [2.05, 4.69) is 127 Å². The fraction of sp³-hybridized carbons (Fsp3) is 0.124. The van der Waals surface area contributed by atoms with Crippen LogP contribution in [0.1, 0.15) is 90.4 Å². The maximum Gasteiger partial charge on any atom is 0.348 e. The predicted molar refractivity (Wildman–Crippen MR) is 410 cm³/mol. The number of carbonyl (C=O) groups excluding carboxylic acids is 3. The lowest BCUT2D eigenvalue weighted by atomic mass is 9.94. The van der Waals surface area contributed by atoms with Gasteiger partial charge in [-0.05, 0) is 145 Å². The monoisotopic (exact) mass is 1330 g/mol. The Bertz CT molecular complexity index is 4010. The van der Waals surface area contributed by atoms with E-state index in [1.807, 2.05) is 127 Å². The topological polar surface area (TPSA) is 160 Å². The third kappa shape index (κ3) is 21.0. The van der Waals surface area contributed by atoms with Crippen LogP contribution in [0.2, 0.25) is 0 Å². The predicted octanol–water partition coefficient (Wildman–Crippen LogP) is 18.9. The Labute approximate surface area is 593 Å². The molecule has 0 spiro atoms. The molecule has 0 fully saturated rings. The fourth-order valence-corrected chi connectivity index (χ4v) is 10.9. The van der Waals surface area contributed by atoms with Crippen LogP contribution in [0.3, 0.4) is 0 Å². The smallest absolute Gasteiger partial charge is 0.348 e. The minimum Gasteiger partial charge on any atom is -0.461 e. The van der Waals surface area contributed by atoms with E-state index in [1.165, 1.54) is 18.2 Å². The molecule has 0 aliphatic rings. The van der Waals surface area contributed by atoms with Gasteiger partial charge in [0.1, 0.15) is 54.7 Å². The zero-order valence-corrected chi connectivity index (χ0v) is 56.7. The van der Waals surface area contributed by atoms with Crippen molar-refractivity contribution in [1.82, 2.24) is 0 Å². The molecule has 101 heavy (non-hydrogen) atoms. The first-order chi connectivity index (χ1) is 49.1. The number of esters is 3. The molecule has 0 aliphatic heterocycles. The average molecular weight is 1330 g/mol. The molecule has 0 amide bonds. The first-order valence-corrected chi connectivity index (χ1v) is 32.8. The van der Waals surface area contributed by atoms with Crippen LogP contribution in [0, 0.1) is 39.4 Å². The van der Waals surface area contributed by atoms with Gasteiger partial charge in [0.15, 0.2) is 0 Å². The number of anilines is 3. The van der Waals surface area contributed by atoms with E-state index in [0.29, 0.717) is 56.0 Å². The van der Waals surface area contributed by atoms with Gasteiger partial charge in [0.2, 0.25) is 0 Å². The Morgan fingerprint density at radius 2 is 0.475 bits per heavy atom. The molecule has 12 heteroatoms. The van der Waals surface area contributed by atoms with Crippen LogP contribution in [0.25, 0.3) is 54.7 Å². The van der Waals surface area contributed by atoms with Gasteiger partial charge in [-0.1, -0.05) is 258 Å². The lowest BCUT2D eigenvalue weighted by Crippen LogP contribution is -2.37. The van der Waals surface area contributed by atoms with Gasteiger partial charge in [-0.15, -0.1) is 0 Å². The summed E-state index contributed by atoms with van der Waals surface area (Å²) in [4.78, 5) is 48.7. The van der Waals surface area contributed by atoms with Crippen LogP contribution >= 0.6 is 0 Å². The van der Waals surface area contributed by atoms with E-state index in [4.69, 9.17) is 14.2 Å². The molecule has 9 aromatic carbocycles. The second kappa shape index (κ2) is 35.8. The molecular formula is C89H78N6O6. The van der Waals surface area contributed by atoms with E-state index in [1.54, 1.807) is 79.8 Å². The number of nitriles is 3. The Balaban J connectivity index is 0.933. The van der Waals surface area contributed by atoms with Crippen LogP contribution < -0.4 is 14.7 Å². The Morgan fingerprint density at radius 1 is 0.307 bits per heavy atom. The number of ether oxygens (including phenoxy) is 3. The van der Waals surface area contributed by atoms with Gasteiger partial charge in [0, 0.05) is 56.3 Å². The first kappa shape index (κ1) is 72.2. The second-order valence-electron chi connectivity index (χ2n) is 24.6. The zero-order valence-electron chi connectivity index (χ0n) is 56.7. The molecule has 0 radical (unpaired) electrons. The van der Waals surface area contributed by atoms with Gasteiger partial charge in [-0.25, -0.2) is 14.4 Å². The number of hydrogen-bond acceptors (Lipinski definition) is 12. The first-order valence-electron chi connectivity index (χ1n) is 32.8. The van der Waals surface area contributed by atoms with E-state index >= 15 is 0 Å². The molecule has 0 heterocycles. The fourth-order valence-electron chi connectivity index (χ4n) is 10.9. The second-order valence-corrected chi connectivity index (χ2v) is 24.6. The highest BCUT2D eigenvalue weighted by molar-refractivity contribution is 5.99. The van der Waals surface area contributed by atoms with Gasteiger partial charge < -0.3 is 28.9 Å². The maximum absolute atomic E-state index is 14.0. The van der Waals surface area contributed by atoms with Crippen molar-refractivity contribution < 1.29 is 28.6 Å². The number of carbonyl (C=O) groups is 3. The average Bonchev–Trinajstić information content (AvgIpc) is 0.858. The Hall–Kier alpha value is -13.1. The summed E-state index contributed by atoms with van der Waals surface area (Å²) in [6.07, 6.45) is 15.0. The van der Waals surface area contributed by atoms with E-state index in [0.717, 1.165) is 83.8 Å². The van der Waals surface area contributed by atoms with Crippen molar-refractivity contribution in [3.8, 4) is 18.2 Å². The van der Waals surface area contributed by atoms with E-state index in [-0.39, 0.29) is 16.7 Å². The summed E-state index contributed by atoms with van der Waals surface area (Å²) in [5, 5.41) is 31.3. The third-order valence-corrected chi connectivity index (χ3v) is 16.9. The lowest BCUT2D eigenvalue weighted by molar-refractivity contribution is -0.155. The molecule has 12 nitrogen and oxygen atoms in total. The SMILES string of the molecule is C=Cc1ccc(CN(Cc2ccc(C=C)cc2)c2ccc(/C=C(\C#N)C(=O)OCC(C)(COC(=O)/C(C#N)=C/c3ccc(N(Cc4ccc(C=C)cc4)Cc4ccc(C=C)cc4)cc3)COC(=O)/C(C#N)=C/c3ccc(N(Cc4ccc(C=C)cc4)Cc4ccc(C=C)cc4)cc3)cc2)cc1. The highest BCUT2D eigenvalue weighted by Crippen LogP contribution is 2.29. The van der Waals surface area contributed by atoms with Crippen LogP contribution in [-0.4, -0.2) is 37.7 Å². The Kier molecular flexibility index (Phi) is 25.6. The van der Waals surface area contributed by atoms with Crippen LogP contribution in [0.4, 0.5) is 17.1 Å². The summed E-state index contributed by atoms with van der Waals surface area (Å²) >= 11 is 0. The summed E-state index contributed by atoms with van der Waals surface area (Å²) in [5.74, 6) is -3.00. The van der Waals surface area contributed by atoms with Crippen molar-refractivity contribution in [2.24, 2.45) is 5.41 Å². The van der Waals surface area contributed by atoms with Gasteiger partial charge in [-0.2, -0.15) is 15.8 Å². The molecule has 0 atom stereocenters. The number of nitrogens with zero attached hydrogens (tertiary/aromatic N) is 6. The minimum atomic E-state index is -1.50. The van der Waals surface area contributed by atoms with Gasteiger partial charge >= 0.3 is 17.9 Å². The quantitative estimate of drug-likeness (QED) is 0.0166. The maximum atomic E-state index is 14.0. The highest BCUT2D eigenvalue weighted by Gasteiger charge is 2.33. The standard InChI is InChI=1S/C89H78N6O6/c1-8-65-14-26-74(27-15-65)56-93(57-75-28-16-66(9-2)17-29-75)83-44-38-71(39-45-83)50-80(53-90)86(96)99-62-89(7,63-100-87(97)81(54-91)51-72-40-46-84(47-41-72)94(58-76-30-18-67(10-3)19-31-76)59-77-32-20-68(11-4)21-33-77)64-101-88(98)82(55-92)52-73-42-48-85(49-43-73)95(60-78-34-22-69(12-5)23-35-78)61-79-36-24-70(13-6)25-37-79/h8-52H,1-6,56-64H2,7H3/b80-50+,81-51+,82-52+. The molecule has 0 N–H and O–H groups in total. The number of benzene rings is 9. The lowest BCUT2D eigenvalue weighted by Gasteiger charge is -2.28. The molecule has 0 bridgehead atoms. The summed E-state index contributed by atoms with van der Waals surface area (Å²) in [6.45, 7) is 26.7. The summed E-state index contributed by atoms with van der Waals surface area (Å²) in [6, 6.07) is 77.2. The van der Waals surface area contributed by atoms with Gasteiger partial charge in [-0.3, -0.25) is 0 Å². The molecule has 9 aromatic rings. The van der Waals surface area contributed by atoms with Crippen LogP contribution in [0.15, 0.2) is 275 Å². The van der Waals surface area contributed by atoms with Crippen LogP contribution in [0.5, 0.6) is 0 Å². The molecule has 0 saturated carbocycles. The third-order valence-electron chi connectivity index (χ3n) is 16.9. The highest BCUT2D eigenvalue weighted by atomic mass is 16.6. The molecule has 0 aromatic heterocycles. The normalized spacial score (nSPS) is 11.3. The summed E-state index contributed by atoms with van der Waals surface area (Å²) in [7, 11) is 0. The van der Waals surface area contributed by atoms with Crippen molar-refractivity contribution >= 4 is 89.7 Å². The van der Waals surface area contributed by atoms with E-state index in [9.17, 15) is 30.2 Å². The van der Waals surface area contributed by atoms with Crippen molar-refractivity contribution in [3.63, 3.8) is 0 Å². The van der Waals surface area contributed by atoms with Gasteiger partial charge in [0.05, 0.1) is 5.41 Å². The number of hydrogen-bond donors (Lipinski definition) is 0.